The van der Waals surface area contributed by atoms with Gasteiger partial charge < -0.3 is 0 Å². The first-order valence-corrected chi connectivity index (χ1v) is 7.87. The number of amides is 1. The molecular weight excluding hydrogens is 288 g/mol. The van der Waals surface area contributed by atoms with E-state index in [1.165, 1.54) is 12.1 Å². The Morgan fingerprint density at radius 2 is 1.62 bits per heavy atom. The number of carbonyl (C=O) groups excluding carboxylic acids is 1. The summed E-state index contributed by atoms with van der Waals surface area (Å²) >= 11 is 0. The number of hydrazine groups is 1. The Morgan fingerprint density at radius 1 is 1.05 bits per heavy atom. The van der Waals surface area contributed by atoms with Gasteiger partial charge in [0.2, 0.25) is 0 Å². The first-order chi connectivity index (χ1) is 9.96. The summed E-state index contributed by atoms with van der Waals surface area (Å²) in [5.41, 5.74) is 3.25. The summed E-state index contributed by atoms with van der Waals surface area (Å²) in [5.74, 6) is 4.38. The molecule has 0 spiro atoms. The van der Waals surface area contributed by atoms with Gasteiger partial charge in [-0.3, -0.25) is 10.2 Å². The summed E-state index contributed by atoms with van der Waals surface area (Å²) in [6.07, 6.45) is 0. The van der Waals surface area contributed by atoms with E-state index < -0.39 is 21.0 Å². The Morgan fingerprint density at radius 3 is 2.14 bits per heavy atom. The zero-order valence-electron chi connectivity index (χ0n) is 11.5. The largest absolute Gasteiger partial charge is 0.293 e. The molecule has 0 aliphatic rings. The lowest BCUT2D eigenvalue weighted by Crippen LogP contribution is -2.38. The average Bonchev–Trinajstić information content (AvgIpc) is 2.48. The van der Waals surface area contributed by atoms with E-state index in [1.54, 1.807) is 42.5 Å². The van der Waals surface area contributed by atoms with Crippen LogP contribution in [0.4, 0.5) is 0 Å². The molecule has 2 aromatic carbocycles. The second-order valence-electron chi connectivity index (χ2n) is 4.66. The van der Waals surface area contributed by atoms with Crippen LogP contribution >= 0.6 is 0 Å². The van der Waals surface area contributed by atoms with Crippen LogP contribution in [-0.2, 0) is 14.6 Å². The Kier molecular flexibility index (Phi) is 4.40. The van der Waals surface area contributed by atoms with Gasteiger partial charge in [-0.1, -0.05) is 48.0 Å². The van der Waals surface area contributed by atoms with Crippen LogP contribution in [0.3, 0.4) is 0 Å². The zero-order chi connectivity index (χ0) is 15.5. The van der Waals surface area contributed by atoms with E-state index in [9.17, 15) is 13.2 Å². The fourth-order valence-electron chi connectivity index (χ4n) is 2.04. The molecule has 0 aliphatic carbocycles. The molecule has 0 saturated heterocycles. The summed E-state index contributed by atoms with van der Waals surface area (Å²) in [6.45, 7) is 1.86. The standard InChI is InChI=1S/C15H16N2O3S/c1-11-7-9-13(10-8-11)21(19,20)14(15(18)17-16)12-5-3-2-4-6-12/h2-10,14H,16H2,1H3,(H,17,18). The van der Waals surface area contributed by atoms with Crippen LogP contribution in [0.5, 0.6) is 0 Å². The predicted octanol–water partition coefficient (Wildman–Crippen LogP) is 1.50. The van der Waals surface area contributed by atoms with Crippen LogP contribution in [0.2, 0.25) is 0 Å². The van der Waals surface area contributed by atoms with Gasteiger partial charge in [-0.05, 0) is 24.6 Å². The molecule has 1 amide bonds. The Balaban J connectivity index is 2.55. The van der Waals surface area contributed by atoms with Crippen molar-refractivity contribution in [2.75, 3.05) is 0 Å². The number of hydrogen-bond donors (Lipinski definition) is 2. The lowest BCUT2D eigenvalue weighted by molar-refractivity contribution is -0.120. The van der Waals surface area contributed by atoms with Crippen LogP contribution in [-0.4, -0.2) is 14.3 Å². The van der Waals surface area contributed by atoms with Gasteiger partial charge in [-0.25, -0.2) is 14.3 Å². The van der Waals surface area contributed by atoms with Gasteiger partial charge >= 0.3 is 0 Å². The molecule has 0 aliphatic heterocycles. The van der Waals surface area contributed by atoms with Crippen LogP contribution in [0.1, 0.15) is 16.4 Å². The highest BCUT2D eigenvalue weighted by atomic mass is 32.2. The molecule has 0 fully saturated rings. The topological polar surface area (TPSA) is 89.3 Å². The molecule has 6 heteroatoms. The maximum absolute atomic E-state index is 12.7. The van der Waals surface area contributed by atoms with Gasteiger partial charge in [0, 0.05) is 0 Å². The number of benzene rings is 2. The third-order valence-electron chi connectivity index (χ3n) is 3.14. The molecule has 0 saturated carbocycles. The van der Waals surface area contributed by atoms with Crippen LogP contribution in [0.15, 0.2) is 59.5 Å². The number of nitrogens with one attached hydrogen (secondary N) is 1. The zero-order valence-corrected chi connectivity index (χ0v) is 12.3. The third-order valence-corrected chi connectivity index (χ3v) is 5.18. The third kappa shape index (κ3) is 3.12. The normalized spacial score (nSPS) is 12.7. The summed E-state index contributed by atoms with van der Waals surface area (Å²) in [4.78, 5) is 12.1. The van der Waals surface area contributed by atoms with Crippen LogP contribution in [0, 0.1) is 6.92 Å². The number of carbonyl (C=O) groups is 1. The van der Waals surface area contributed by atoms with Crippen molar-refractivity contribution in [3.05, 3.63) is 65.7 Å². The maximum atomic E-state index is 12.7. The second-order valence-corrected chi connectivity index (χ2v) is 6.69. The van der Waals surface area contributed by atoms with E-state index in [4.69, 9.17) is 5.84 Å². The molecule has 0 heterocycles. The van der Waals surface area contributed by atoms with E-state index in [0.717, 1.165) is 5.56 Å². The van der Waals surface area contributed by atoms with E-state index >= 15 is 0 Å². The molecule has 0 aromatic heterocycles. The number of sulfone groups is 1. The van der Waals surface area contributed by atoms with Crippen molar-refractivity contribution in [1.82, 2.24) is 5.43 Å². The number of rotatable bonds is 4. The molecule has 1 atom stereocenters. The predicted molar refractivity (Wildman–Crippen MR) is 79.9 cm³/mol. The molecular formula is C15H16N2O3S. The molecule has 0 radical (unpaired) electrons. The van der Waals surface area contributed by atoms with Crippen molar-refractivity contribution in [1.29, 1.82) is 0 Å². The van der Waals surface area contributed by atoms with Crippen molar-refractivity contribution < 1.29 is 13.2 Å². The van der Waals surface area contributed by atoms with Gasteiger partial charge in [0.1, 0.15) is 0 Å². The van der Waals surface area contributed by atoms with E-state index in [0.29, 0.717) is 5.56 Å². The molecule has 1 unspecified atom stereocenters. The molecule has 2 aromatic rings. The maximum Gasteiger partial charge on any atom is 0.257 e. The summed E-state index contributed by atoms with van der Waals surface area (Å²) in [6, 6.07) is 14.6. The van der Waals surface area contributed by atoms with E-state index in [-0.39, 0.29) is 4.90 Å². The average molecular weight is 304 g/mol. The summed E-state index contributed by atoms with van der Waals surface area (Å²) in [7, 11) is -3.87. The van der Waals surface area contributed by atoms with Crippen LogP contribution < -0.4 is 11.3 Å². The lowest BCUT2D eigenvalue weighted by Gasteiger charge is -2.16. The summed E-state index contributed by atoms with van der Waals surface area (Å²) < 4.78 is 25.5. The van der Waals surface area contributed by atoms with Crippen LogP contribution in [0.25, 0.3) is 0 Å². The van der Waals surface area contributed by atoms with Crippen molar-refractivity contribution in [3.8, 4) is 0 Å². The fourth-order valence-corrected chi connectivity index (χ4v) is 3.69. The van der Waals surface area contributed by atoms with Gasteiger partial charge in [0.15, 0.2) is 15.1 Å². The number of nitrogens with two attached hydrogens (primary N) is 1. The quantitative estimate of drug-likeness (QED) is 0.509. The summed E-state index contributed by atoms with van der Waals surface area (Å²) in [5, 5.41) is -1.37. The molecule has 21 heavy (non-hydrogen) atoms. The van der Waals surface area contributed by atoms with Gasteiger partial charge in [0.05, 0.1) is 4.90 Å². The minimum absolute atomic E-state index is 0.0885. The van der Waals surface area contributed by atoms with Gasteiger partial charge in [0.25, 0.3) is 5.91 Å². The number of aryl methyl sites for hydroxylation is 1. The highest BCUT2D eigenvalue weighted by Gasteiger charge is 2.35. The Hall–Kier alpha value is -2.18. The first kappa shape index (κ1) is 15.2. The molecule has 110 valence electrons. The smallest absolute Gasteiger partial charge is 0.257 e. The van der Waals surface area contributed by atoms with Crippen molar-refractivity contribution in [3.63, 3.8) is 0 Å². The molecule has 2 rings (SSSR count). The monoisotopic (exact) mass is 304 g/mol. The molecule has 3 N–H and O–H groups in total. The molecule has 5 nitrogen and oxygen atoms in total. The van der Waals surface area contributed by atoms with E-state index in [1.807, 2.05) is 12.3 Å². The van der Waals surface area contributed by atoms with Crippen molar-refractivity contribution >= 4 is 15.7 Å². The molecule has 0 bridgehead atoms. The van der Waals surface area contributed by atoms with Crippen molar-refractivity contribution in [2.24, 2.45) is 5.84 Å². The van der Waals surface area contributed by atoms with Gasteiger partial charge in [-0.2, -0.15) is 0 Å². The minimum Gasteiger partial charge on any atom is -0.293 e. The highest BCUT2D eigenvalue weighted by molar-refractivity contribution is 7.92. The Labute approximate surface area is 123 Å². The number of hydrogen-bond acceptors (Lipinski definition) is 4. The SMILES string of the molecule is Cc1ccc(S(=O)(=O)C(C(=O)NN)c2ccccc2)cc1. The fraction of sp³-hybridized carbons (Fsp3) is 0.133. The highest BCUT2D eigenvalue weighted by Crippen LogP contribution is 2.29. The Bertz CT molecular complexity index is 725. The second kappa shape index (κ2) is 6.07. The van der Waals surface area contributed by atoms with Gasteiger partial charge in [-0.15, -0.1) is 0 Å². The minimum atomic E-state index is -3.87. The lowest BCUT2D eigenvalue weighted by atomic mass is 10.1. The van der Waals surface area contributed by atoms with Crippen molar-refractivity contribution in [2.45, 2.75) is 17.1 Å². The first-order valence-electron chi connectivity index (χ1n) is 6.33. The van der Waals surface area contributed by atoms with E-state index in [2.05, 4.69) is 0 Å².